The Bertz CT molecular complexity index is 394. The van der Waals surface area contributed by atoms with Crippen molar-refractivity contribution in [1.82, 2.24) is 0 Å². The molecule has 3 atom stereocenters. The third-order valence-electron chi connectivity index (χ3n) is 3.52. The molecular formula is C14H20FNO. The van der Waals surface area contributed by atoms with E-state index < -0.39 is 0 Å². The number of ether oxygens (including phenoxy) is 1. The second kappa shape index (κ2) is 5.05. The molecule has 2 rings (SSSR count). The maximum atomic E-state index is 13.2. The van der Waals surface area contributed by atoms with E-state index in [2.05, 4.69) is 13.8 Å². The maximum absolute atomic E-state index is 13.2. The molecule has 0 radical (unpaired) electrons. The molecule has 0 fully saturated rings. The van der Waals surface area contributed by atoms with Crippen LogP contribution in [0.1, 0.15) is 44.7 Å². The molecule has 3 heteroatoms. The molecule has 1 aromatic carbocycles. The predicted octanol–water partition coefficient (Wildman–Crippen LogP) is 3.41. The third-order valence-corrected chi connectivity index (χ3v) is 3.52. The van der Waals surface area contributed by atoms with E-state index in [9.17, 15) is 4.39 Å². The van der Waals surface area contributed by atoms with Crippen LogP contribution in [0.2, 0.25) is 0 Å². The number of nitrogens with two attached hydrogens (primary N) is 1. The zero-order valence-corrected chi connectivity index (χ0v) is 10.4. The molecule has 2 unspecified atom stereocenters. The summed E-state index contributed by atoms with van der Waals surface area (Å²) in [5, 5.41) is 0. The van der Waals surface area contributed by atoms with Crippen molar-refractivity contribution in [2.45, 2.75) is 45.3 Å². The van der Waals surface area contributed by atoms with Gasteiger partial charge >= 0.3 is 0 Å². The van der Waals surface area contributed by atoms with Crippen LogP contribution in [-0.2, 0) is 0 Å². The van der Waals surface area contributed by atoms with Crippen LogP contribution in [0.5, 0.6) is 5.75 Å². The van der Waals surface area contributed by atoms with E-state index in [1.165, 1.54) is 12.1 Å². The molecule has 0 saturated heterocycles. The lowest BCUT2D eigenvalue weighted by atomic mass is 9.89. The van der Waals surface area contributed by atoms with Crippen LogP contribution < -0.4 is 10.5 Å². The largest absolute Gasteiger partial charge is 0.490 e. The molecule has 0 aliphatic carbocycles. The highest BCUT2D eigenvalue weighted by atomic mass is 19.1. The van der Waals surface area contributed by atoms with E-state index >= 15 is 0 Å². The smallest absolute Gasteiger partial charge is 0.127 e. The summed E-state index contributed by atoms with van der Waals surface area (Å²) in [6.45, 7) is 4.33. The van der Waals surface area contributed by atoms with Gasteiger partial charge in [0.15, 0.2) is 0 Å². The highest BCUT2D eigenvalue weighted by molar-refractivity contribution is 5.38. The summed E-state index contributed by atoms with van der Waals surface area (Å²) in [4.78, 5) is 0. The Hall–Kier alpha value is -1.09. The number of benzene rings is 1. The van der Waals surface area contributed by atoms with Crippen molar-refractivity contribution >= 4 is 0 Å². The zero-order chi connectivity index (χ0) is 12.4. The Morgan fingerprint density at radius 2 is 2.29 bits per heavy atom. The Kier molecular flexibility index (Phi) is 3.67. The monoisotopic (exact) mass is 237 g/mol. The van der Waals surface area contributed by atoms with E-state index in [1.54, 1.807) is 6.07 Å². The lowest BCUT2D eigenvalue weighted by Gasteiger charge is -2.33. The number of rotatable bonds is 3. The van der Waals surface area contributed by atoms with Crippen molar-refractivity contribution in [3.05, 3.63) is 29.6 Å². The third kappa shape index (κ3) is 2.60. The predicted molar refractivity (Wildman–Crippen MR) is 66.4 cm³/mol. The Labute approximate surface area is 102 Å². The Morgan fingerprint density at radius 3 is 3.00 bits per heavy atom. The van der Waals surface area contributed by atoms with Gasteiger partial charge in [0.05, 0.1) is 0 Å². The van der Waals surface area contributed by atoms with Gasteiger partial charge in [-0.3, -0.25) is 0 Å². The second-order valence-electron chi connectivity index (χ2n) is 4.95. The average Bonchev–Trinajstić information content (AvgIpc) is 2.28. The average molecular weight is 237 g/mol. The van der Waals surface area contributed by atoms with Gasteiger partial charge in [-0.1, -0.05) is 26.3 Å². The van der Waals surface area contributed by atoms with Gasteiger partial charge in [0.25, 0.3) is 0 Å². The highest BCUT2D eigenvalue weighted by Crippen LogP contribution is 2.36. The van der Waals surface area contributed by atoms with Gasteiger partial charge < -0.3 is 10.5 Å². The van der Waals surface area contributed by atoms with Gasteiger partial charge in [0.2, 0.25) is 0 Å². The molecule has 1 aliphatic heterocycles. The van der Waals surface area contributed by atoms with E-state index in [-0.39, 0.29) is 18.0 Å². The van der Waals surface area contributed by atoms with Crippen molar-refractivity contribution < 1.29 is 9.13 Å². The topological polar surface area (TPSA) is 35.2 Å². The molecule has 17 heavy (non-hydrogen) atoms. The first-order valence-electron chi connectivity index (χ1n) is 6.33. The molecule has 1 aromatic rings. The van der Waals surface area contributed by atoms with Gasteiger partial charge in [-0.15, -0.1) is 0 Å². The molecule has 0 spiro atoms. The first kappa shape index (κ1) is 12.4. The van der Waals surface area contributed by atoms with Crippen molar-refractivity contribution in [3.63, 3.8) is 0 Å². The van der Waals surface area contributed by atoms with Crippen molar-refractivity contribution in [1.29, 1.82) is 0 Å². The van der Waals surface area contributed by atoms with Crippen LogP contribution in [0.25, 0.3) is 0 Å². The normalized spacial score (nSPS) is 24.9. The van der Waals surface area contributed by atoms with Crippen molar-refractivity contribution in [3.8, 4) is 5.75 Å². The van der Waals surface area contributed by atoms with Gasteiger partial charge in [0, 0.05) is 24.1 Å². The second-order valence-corrected chi connectivity index (χ2v) is 4.95. The molecule has 0 bridgehead atoms. The Balaban J connectivity index is 2.19. The molecule has 1 heterocycles. The standard InChI is InChI=1S/C14H20FNO/c1-3-4-9(2)13-8-12(16)11-6-5-10(15)7-14(11)17-13/h5-7,9,12-13H,3-4,8,16H2,1-2H3/t9?,12-,13?/m1/s1. The van der Waals surface area contributed by atoms with Crippen LogP contribution in [0.15, 0.2) is 18.2 Å². The van der Waals surface area contributed by atoms with Gasteiger partial charge in [-0.2, -0.15) is 0 Å². The first-order valence-corrected chi connectivity index (χ1v) is 6.33. The number of hydrogen-bond acceptors (Lipinski definition) is 2. The minimum atomic E-state index is -0.264. The van der Waals surface area contributed by atoms with Crippen molar-refractivity contribution in [2.24, 2.45) is 11.7 Å². The summed E-state index contributed by atoms with van der Waals surface area (Å²) >= 11 is 0. The molecule has 0 amide bonds. The fraction of sp³-hybridized carbons (Fsp3) is 0.571. The summed E-state index contributed by atoms with van der Waals surface area (Å²) in [6.07, 6.45) is 3.17. The molecule has 2 nitrogen and oxygen atoms in total. The lowest BCUT2D eigenvalue weighted by molar-refractivity contribution is 0.102. The molecular weight excluding hydrogens is 217 g/mol. The highest BCUT2D eigenvalue weighted by Gasteiger charge is 2.29. The SMILES string of the molecule is CCCC(C)C1C[C@@H](N)c2ccc(F)cc2O1. The summed E-state index contributed by atoms with van der Waals surface area (Å²) in [6, 6.07) is 4.58. The minimum absolute atomic E-state index is 0.0383. The fourth-order valence-corrected chi connectivity index (χ4v) is 2.49. The van der Waals surface area contributed by atoms with Crippen LogP contribution in [0.4, 0.5) is 4.39 Å². The van der Waals surface area contributed by atoms with Gasteiger partial charge in [-0.05, 0) is 18.4 Å². The van der Waals surface area contributed by atoms with E-state index in [0.29, 0.717) is 11.7 Å². The molecule has 0 saturated carbocycles. The summed E-state index contributed by atoms with van der Waals surface area (Å²) in [5.41, 5.74) is 7.04. The summed E-state index contributed by atoms with van der Waals surface area (Å²) in [7, 11) is 0. The van der Waals surface area contributed by atoms with Crippen LogP contribution in [0, 0.1) is 11.7 Å². The molecule has 2 N–H and O–H groups in total. The lowest BCUT2D eigenvalue weighted by Crippen LogP contribution is -2.34. The quantitative estimate of drug-likeness (QED) is 0.874. The molecule has 94 valence electrons. The van der Waals surface area contributed by atoms with E-state index in [1.807, 2.05) is 0 Å². The van der Waals surface area contributed by atoms with E-state index in [4.69, 9.17) is 10.5 Å². The number of halogens is 1. The first-order chi connectivity index (χ1) is 8.11. The van der Waals surface area contributed by atoms with E-state index in [0.717, 1.165) is 24.8 Å². The minimum Gasteiger partial charge on any atom is -0.490 e. The maximum Gasteiger partial charge on any atom is 0.127 e. The van der Waals surface area contributed by atoms with Crippen LogP contribution >= 0.6 is 0 Å². The molecule has 0 aromatic heterocycles. The van der Waals surface area contributed by atoms with Gasteiger partial charge in [0.1, 0.15) is 17.7 Å². The van der Waals surface area contributed by atoms with Crippen molar-refractivity contribution in [2.75, 3.05) is 0 Å². The zero-order valence-electron chi connectivity index (χ0n) is 10.4. The number of fused-ring (bicyclic) bond motifs is 1. The number of hydrogen-bond donors (Lipinski definition) is 1. The fourth-order valence-electron chi connectivity index (χ4n) is 2.49. The van der Waals surface area contributed by atoms with Crippen LogP contribution in [-0.4, -0.2) is 6.10 Å². The Morgan fingerprint density at radius 1 is 1.53 bits per heavy atom. The van der Waals surface area contributed by atoms with Gasteiger partial charge in [-0.25, -0.2) is 4.39 Å². The van der Waals surface area contributed by atoms with Crippen LogP contribution in [0.3, 0.4) is 0 Å². The summed E-state index contributed by atoms with van der Waals surface area (Å²) < 4.78 is 19.1. The summed E-state index contributed by atoms with van der Waals surface area (Å²) in [5.74, 6) is 0.818. The molecule has 1 aliphatic rings.